The zero-order valence-corrected chi connectivity index (χ0v) is 17.9. The van der Waals surface area contributed by atoms with Crippen LogP contribution in [0.15, 0.2) is 73.1 Å². The molecule has 0 bridgehead atoms. The number of hydrogen-bond donors (Lipinski definition) is 3. The van der Waals surface area contributed by atoms with Crippen LogP contribution >= 0.6 is 11.3 Å². The van der Waals surface area contributed by atoms with Gasteiger partial charge in [-0.15, -0.1) is 11.3 Å². The summed E-state index contributed by atoms with van der Waals surface area (Å²) in [7, 11) is 0. The van der Waals surface area contributed by atoms with Crippen LogP contribution in [-0.2, 0) is 0 Å². The molecule has 9 heteroatoms. The van der Waals surface area contributed by atoms with Crippen LogP contribution in [0.25, 0.3) is 49.3 Å². The monoisotopic (exact) mass is 452 g/mol. The van der Waals surface area contributed by atoms with E-state index < -0.39 is 5.91 Å². The Hall–Kier alpha value is -4.50. The zero-order valence-electron chi connectivity index (χ0n) is 17.1. The molecule has 0 spiro atoms. The van der Waals surface area contributed by atoms with E-state index in [0.717, 1.165) is 32.1 Å². The lowest BCUT2D eigenvalue weighted by Gasteiger charge is -2.05. The van der Waals surface area contributed by atoms with Crippen molar-refractivity contribution in [1.82, 2.24) is 25.0 Å². The van der Waals surface area contributed by atoms with Gasteiger partial charge in [-0.25, -0.2) is 9.67 Å². The average Bonchev–Trinajstić information content (AvgIpc) is 3.55. The number of carbonyl (C=O) groups excluding carboxylic acids is 1. The number of phenolic OH excluding ortho intramolecular Hbond substituents is 1. The standard InChI is InChI=1S/C24H16N6O2S/c25-23(32)22-21(16-6-1-2-7-19(16)33-22)30-18-9-8-14(24-26-12-27-28-24)11-17(18)20(29-30)13-4-3-5-15(31)10-13/h1-12,31H,(H2,25,32)(H,26,27,28). The second kappa shape index (κ2) is 7.28. The lowest BCUT2D eigenvalue weighted by Crippen LogP contribution is -2.12. The van der Waals surface area contributed by atoms with Crippen molar-refractivity contribution >= 4 is 38.2 Å². The topological polar surface area (TPSA) is 123 Å². The van der Waals surface area contributed by atoms with Gasteiger partial charge in [0.15, 0.2) is 5.82 Å². The summed E-state index contributed by atoms with van der Waals surface area (Å²) in [6.45, 7) is 0. The highest BCUT2D eigenvalue weighted by Crippen LogP contribution is 2.39. The number of fused-ring (bicyclic) bond motifs is 2. The maximum absolute atomic E-state index is 12.4. The molecule has 1 amide bonds. The van der Waals surface area contributed by atoms with Gasteiger partial charge in [-0.1, -0.05) is 30.3 Å². The fourth-order valence-electron chi connectivity index (χ4n) is 4.06. The van der Waals surface area contributed by atoms with E-state index in [-0.39, 0.29) is 5.75 Å². The molecule has 3 heterocycles. The number of aromatic nitrogens is 5. The van der Waals surface area contributed by atoms with Crippen molar-refractivity contribution in [2.24, 2.45) is 5.73 Å². The average molecular weight is 452 g/mol. The number of amides is 1. The zero-order chi connectivity index (χ0) is 22.5. The number of carbonyl (C=O) groups is 1. The molecule has 8 nitrogen and oxygen atoms in total. The predicted molar refractivity (Wildman–Crippen MR) is 127 cm³/mol. The number of thiophene rings is 1. The van der Waals surface area contributed by atoms with Crippen molar-refractivity contribution in [2.75, 3.05) is 0 Å². The Bertz CT molecular complexity index is 1670. The number of nitrogens with one attached hydrogen (secondary N) is 1. The molecule has 0 fully saturated rings. The van der Waals surface area contributed by atoms with E-state index >= 15 is 0 Å². The van der Waals surface area contributed by atoms with Crippen LogP contribution in [0.3, 0.4) is 0 Å². The van der Waals surface area contributed by atoms with E-state index in [1.54, 1.807) is 22.9 Å². The minimum absolute atomic E-state index is 0.139. The molecule has 3 aromatic carbocycles. The van der Waals surface area contributed by atoms with E-state index in [2.05, 4.69) is 15.2 Å². The number of nitrogens with two attached hydrogens (primary N) is 1. The van der Waals surface area contributed by atoms with E-state index in [4.69, 9.17) is 10.8 Å². The van der Waals surface area contributed by atoms with Gasteiger partial charge in [-0.2, -0.15) is 10.2 Å². The highest BCUT2D eigenvalue weighted by Gasteiger charge is 2.23. The number of hydrogen-bond acceptors (Lipinski definition) is 6. The van der Waals surface area contributed by atoms with Crippen molar-refractivity contribution in [3.8, 4) is 34.1 Å². The Labute approximate surface area is 190 Å². The first-order valence-corrected chi connectivity index (χ1v) is 10.9. The van der Waals surface area contributed by atoms with Gasteiger partial charge in [0.1, 0.15) is 22.6 Å². The van der Waals surface area contributed by atoms with Crippen molar-refractivity contribution in [3.63, 3.8) is 0 Å². The summed E-state index contributed by atoms with van der Waals surface area (Å²) < 4.78 is 2.71. The highest BCUT2D eigenvalue weighted by atomic mass is 32.1. The van der Waals surface area contributed by atoms with Crippen LogP contribution in [0.5, 0.6) is 5.75 Å². The third-order valence-corrected chi connectivity index (χ3v) is 6.67. The summed E-state index contributed by atoms with van der Waals surface area (Å²) in [5, 5.41) is 23.5. The fourth-order valence-corrected chi connectivity index (χ4v) is 5.09. The molecule has 0 radical (unpaired) electrons. The van der Waals surface area contributed by atoms with Crippen molar-refractivity contribution in [2.45, 2.75) is 0 Å². The van der Waals surface area contributed by atoms with Crippen molar-refractivity contribution in [3.05, 3.63) is 77.9 Å². The van der Waals surface area contributed by atoms with Crippen LogP contribution in [0, 0.1) is 0 Å². The van der Waals surface area contributed by atoms with Gasteiger partial charge in [0.25, 0.3) is 5.91 Å². The molecular weight excluding hydrogens is 436 g/mol. The molecular formula is C24H16N6O2S. The van der Waals surface area contributed by atoms with Crippen molar-refractivity contribution in [1.29, 1.82) is 0 Å². The number of aromatic amines is 1. The van der Waals surface area contributed by atoms with Crippen LogP contribution in [-0.4, -0.2) is 36.0 Å². The van der Waals surface area contributed by atoms with Crippen LogP contribution < -0.4 is 5.73 Å². The van der Waals surface area contributed by atoms with Crippen LogP contribution in [0.1, 0.15) is 9.67 Å². The SMILES string of the molecule is NC(=O)c1sc2ccccc2c1-n1nc(-c2cccc(O)c2)c2cc(-c3ncn[nH]3)ccc21. The molecule has 0 unspecified atom stereocenters. The quantitative estimate of drug-likeness (QED) is 0.363. The van der Waals surface area contributed by atoms with Gasteiger partial charge < -0.3 is 10.8 Å². The number of rotatable bonds is 4. The first-order valence-electron chi connectivity index (χ1n) is 10.1. The second-order valence-electron chi connectivity index (χ2n) is 7.52. The molecule has 160 valence electrons. The maximum atomic E-state index is 12.4. The lowest BCUT2D eigenvalue weighted by molar-refractivity contribution is 0.100. The number of aromatic hydroxyl groups is 1. The molecule has 0 atom stereocenters. The fraction of sp³-hybridized carbons (Fsp3) is 0. The molecule has 0 saturated carbocycles. The predicted octanol–water partition coefficient (Wildman–Crippen LogP) is 4.50. The van der Waals surface area contributed by atoms with Gasteiger partial charge >= 0.3 is 0 Å². The van der Waals surface area contributed by atoms with E-state index in [1.807, 2.05) is 48.5 Å². The molecule has 0 aliphatic rings. The third-order valence-electron chi connectivity index (χ3n) is 5.49. The lowest BCUT2D eigenvalue weighted by atomic mass is 10.0. The molecule has 4 N–H and O–H groups in total. The van der Waals surface area contributed by atoms with E-state index in [9.17, 15) is 9.90 Å². The summed E-state index contributed by atoms with van der Waals surface area (Å²) in [5.41, 5.74) is 9.45. The first kappa shape index (κ1) is 19.2. The minimum Gasteiger partial charge on any atom is -0.508 e. The van der Waals surface area contributed by atoms with Gasteiger partial charge in [-0.3, -0.25) is 9.89 Å². The van der Waals surface area contributed by atoms with E-state index in [0.29, 0.717) is 22.1 Å². The highest BCUT2D eigenvalue weighted by molar-refractivity contribution is 7.21. The Morgan fingerprint density at radius 2 is 1.88 bits per heavy atom. The van der Waals surface area contributed by atoms with Gasteiger partial charge in [0.05, 0.1) is 11.2 Å². The molecule has 0 saturated heterocycles. The van der Waals surface area contributed by atoms with Crippen LogP contribution in [0.2, 0.25) is 0 Å². The normalized spacial score (nSPS) is 11.4. The first-order chi connectivity index (χ1) is 16.1. The number of H-pyrrole nitrogens is 1. The molecule has 3 aromatic heterocycles. The van der Waals surface area contributed by atoms with Gasteiger partial charge in [0.2, 0.25) is 0 Å². The second-order valence-corrected chi connectivity index (χ2v) is 8.57. The molecule has 33 heavy (non-hydrogen) atoms. The Kier molecular flexibility index (Phi) is 4.24. The molecule has 0 aliphatic carbocycles. The molecule has 6 aromatic rings. The van der Waals surface area contributed by atoms with Gasteiger partial charge in [-0.05, 0) is 36.4 Å². The molecule has 0 aliphatic heterocycles. The van der Waals surface area contributed by atoms with Gasteiger partial charge in [0, 0.05) is 26.6 Å². The third kappa shape index (κ3) is 3.06. The van der Waals surface area contributed by atoms with Crippen molar-refractivity contribution < 1.29 is 9.90 Å². The summed E-state index contributed by atoms with van der Waals surface area (Å²) in [6, 6.07) is 20.5. The van der Waals surface area contributed by atoms with Crippen LogP contribution in [0.4, 0.5) is 0 Å². The maximum Gasteiger partial charge on any atom is 0.261 e. The number of benzene rings is 3. The summed E-state index contributed by atoms with van der Waals surface area (Å²) in [4.78, 5) is 17.1. The van der Waals surface area contributed by atoms with E-state index in [1.165, 1.54) is 17.7 Å². The number of phenols is 1. The summed E-state index contributed by atoms with van der Waals surface area (Å²) >= 11 is 1.35. The summed E-state index contributed by atoms with van der Waals surface area (Å²) in [5.74, 6) is 0.262. The number of primary amides is 1. The Balaban J connectivity index is 1.70. The summed E-state index contributed by atoms with van der Waals surface area (Å²) in [6.07, 6.45) is 1.45. The minimum atomic E-state index is -0.507. The number of nitrogens with zero attached hydrogens (tertiary/aromatic N) is 4. The Morgan fingerprint density at radius 3 is 2.67 bits per heavy atom. The molecule has 6 rings (SSSR count). The largest absolute Gasteiger partial charge is 0.508 e. The smallest absolute Gasteiger partial charge is 0.261 e. The Morgan fingerprint density at radius 1 is 1.00 bits per heavy atom.